The van der Waals surface area contributed by atoms with E-state index in [0.29, 0.717) is 43.9 Å². The third-order valence-corrected chi connectivity index (χ3v) is 8.19. The van der Waals surface area contributed by atoms with Crippen LogP contribution < -0.4 is 14.8 Å². The molecule has 1 aliphatic rings. The Kier molecular flexibility index (Phi) is 9.84. The highest BCUT2D eigenvalue weighted by Crippen LogP contribution is 2.39. The first-order valence-electron chi connectivity index (χ1n) is 12.2. The topological polar surface area (TPSA) is 84.9 Å². The van der Waals surface area contributed by atoms with Crippen LogP contribution in [0.5, 0.6) is 11.5 Å². The second-order valence-electron chi connectivity index (χ2n) is 8.89. The number of thioether (sulfide) groups is 1. The van der Waals surface area contributed by atoms with E-state index in [9.17, 15) is 14.4 Å². The van der Waals surface area contributed by atoms with Crippen LogP contribution in [0.25, 0.3) is 6.08 Å². The van der Waals surface area contributed by atoms with Crippen LogP contribution in [0.3, 0.4) is 0 Å². The molecule has 40 heavy (non-hydrogen) atoms. The van der Waals surface area contributed by atoms with E-state index in [0.717, 1.165) is 33.4 Å². The summed E-state index contributed by atoms with van der Waals surface area (Å²) < 4.78 is 12.4. The van der Waals surface area contributed by atoms with E-state index in [4.69, 9.17) is 32.7 Å². The van der Waals surface area contributed by atoms with Crippen molar-refractivity contribution in [3.05, 3.63) is 90.2 Å². The number of carbonyl (C=O) groups is 3. The highest BCUT2D eigenvalue weighted by atomic mass is 79.9. The van der Waals surface area contributed by atoms with Crippen molar-refractivity contribution in [2.45, 2.75) is 27.4 Å². The van der Waals surface area contributed by atoms with Crippen LogP contribution in [-0.2, 0) is 16.2 Å². The predicted molar refractivity (Wildman–Crippen MR) is 163 cm³/mol. The van der Waals surface area contributed by atoms with Crippen LogP contribution >= 0.6 is 50.9 Å². The van der Waals surface area contributed by atoms with Crippen molar-refractivity contribution in [3.8, 4) is 11.5 Å². The lowest BCUT2D eigenvalue weighted by atomic mass is 10.1. The minimum Gasteiger partial charge on any atom is -0.490 e. The number of ether oxygens (including phenoxy) is 2. The van der Waals surface area contributed by atoms with E-state index in [2.05, 4.69) is 21.2 Å². The number of benzene rings is 3. The molecule has 0 unspecified atom stereocenters. The number of rotatable bonds is 9. The summed E-state index contributed by atoms with van der Waals surface area (Å²) in [5.74, 6) is -0.0937. The molecule has 1 saturated heterocycles. The van der Waals surface area contributed by atoms with Gasteiger partial charge in [-0.15, -0.1) is 0 Å². The lowest BCUT2D eigenvalue weighted by Crippen LogP contribution is -2.36. The fourth-order valence-electron chi connectivity index (χ4n) is 3.78. The van der Waals surface area contributed by atoms with E-state index in [1.165, 1.54) is 0 Å². The van der Waals surface area contributed by atoms with Gasteiger partial charge in [0.05, 0.1) is 11.5 Å². The molecule has 0 radical (unpaired) electrons. The highest BCUT2D eigenvalue weighted by Gasteiger charge is 2.36. The average molecular weight is 664 g/mol. The van der Waals surface area contributed by atoms with Gasteiger partial charge in [-0.1, -0.05) is 51.3 Å². The van der Waals surface area contributed by atoms with Gasteiger partial charge in [-0.3, -0.25) is 19.3 Å². The first kappa shape index (κ1) is 30.0. The second-order valence-corrected chi connectivity index (χ2v) is 11.6. The molecule has 208 valence electrons. The Balaban J connectivity index is 1.49. The number of nitrogens with zero attached hydrogens (tertiary/aromatic N) is 1. The molecule has 3 amide bonds. The molecule has 11 heteroatoms. The van der Waals surface area contributed by atoms with Crippen LogP contribution in [0, 0.1) is 13.8 Å². The molecule has 7 nitrogen and oxygen atoms in total. The molecule has 0 atom stereocenters. The zero-order valence-electron chi connectivity index (χ0n) is 21.8. The maximum atomic E-state index is 13.1. The minimum atomic E-state index is -0.548. The molecule has 0 aliphatic carbocycles. The monoisotopic (exact) mass is 662 g/mol. The summed E-state index contributed by atoms with van der Waals surface area (Å²) >= 11 is 16.5. The first-order valence-corrected chi connectivity index (χ1v) is 14.6. The first-order chi connectivity index (χ1) is 19.0. The summed E-state index contributed by atoms with van der Waals surface area (Å²) in [6, 6.07) is 14.1. The molecule has 1 aliphatic heterocycles. The van der Waals surface area contributed by atoms with Gasteiger partial charge in [0.25, 0.3) is 11.1 Å². The summed E-state index contributed by atoms with van der Waals surface area (Å²) in [6.45, 7) is 5.93. The third kappa shape index (κ3) is 7.20. The van der Waals surface area contributed by atoms with E-state index in [1.807, 2.05) is 32.9 Å². The number of imide groups is 1. The Labute approximate surface area is 254 Å². The number of aryl methyl sites for hydroxylation is 2. The summed E-state index contributed by atoms with van der Waals surface area (Å²) in [4.78, 5) is 39.4. The van der Waals surface area contributed by atoms with Crippen molar-refractivity contribution in [2.24, 2.45) is 0 Å². The van der Waals surface area contributed by atoms with Crippen molar-refractivity contribution >= 4 is 79.7 Å². The maximum Gasteiger partial charge on any atom is 0.294 e. The molecular formula is C29H25BrCl2N2O5S. The molecule has 1 heterocycles. The number of nitrogens with one attached hydrogen (secondary N) is 1. The quantitative estimate of drug-likeness (QED) is 0.233. The smallest absolute Gasteiger partial charge is 0.294 e. The lowest BCUT2D eigenvalue weighted by molar-refractivity contribution is -0.127. The molecule has 1 fully saturated rings. The molecular weight excluding hydrogens is 639 g/mol. The van der Waals surface area contributed by atoms with Crippen LogP contribution in [0.4, 0.5) is 10.5 Å². The molecule has 0 spiro atoms. The average Bonchev–Trinajstić information content (AvgIpc) is 3.15. The Morgan fingerprint density at radius 1 is 1.02 bits per heavy atom. The van der Waals surface area contributed by atoms with Crippen LogP contribution in [0.1, 0.15) is 29.2 Å². The van der Waals surface area contributed by atoms with Crippen LogP contribution in [-0.4, -0.2) is 35.1 Å². The molecule has 0 bridgehead atoms. The zero-order valence-corrected chi connectivity index (χ0v) is 25.8. The van der Waals surface area contributed by atoms with E-state index >= 15 is 0 Å². The van der Waals surface area contributed by atoms with E-state index in [1.54, 1.807) is 42.5 Å². The summed E-state index contributed by atoms with van der Waals surface area (Å²) in [5.41, 5.74) is 4.07. The molecule has 3 aromatic carbocycles. The zero-order chi connectivity index (χ0) is 29.0. The van der Waals surface area contributed by atoms with Crippen LogP contribution in [0.2, 0.25) is 10.0 Å². The maximum absolute atomic E-state index is 13.1. The van der Waals surface area contributed by atoms with Gasteiger partial charge in [0, 0.05) is 25.8 Å². The number of anilines is 1. The molecule has 0 aromatic heterocycles. The Morgan fingerprint density at radius 3 is 2.48 bits per heavy atom. The number of hydrogen-bond acceptors (Lipinski definition) is 6. The van der Waals surface area contributed by atoms with E-state index < -0.39 is 17.1 Å². The van der Waals surface area contributed by atoms with Gasteiger partial charge in [0.15, 0.2) is 11.5 Å². The molecule has 0 saturated carbocycles. The number of hydrogen-bond donors (Lipinski definition) is 1. The third-order valence-electron chi connectivity index (χ3n) is 6.01. The Morgan fingerprint density at radius 2 is 1.77 bits per heavy atom. The molecule has 4 rings (SSSR count). The Bertz CT molecular complexity index is 1530. The summed E-state index contributed by atoms with van der Waals surface area (Å²) in [6.07, 6.45) is 1.58. The second kappa shape index (κ2) is 13.1. The fourth-order valence-corrected chi connectivity index (χ4v) is 5.51. The van der Waals surface area contributed by atoms with Crippen molar-refractivity contribution in [1.29, 1.82) is 0 Å². The summed E-state index contributed by atoms with van der Waals surface area (Å²) in [7, 11) is 0. The van der Waals surface area contributed by atoms with Gasteiger partial charge in [0.1, 0.15) is 13.2 Å². The van der Waals surface area contributed by atoms with Gasteiger partial charge in [0.2, 0.25) is 5.91 Å². The minimum absolute atomic E-state index is 0.185. The van der Waals surface area contributed by atoms with Crippen molar-refractivity contribution in [1.82, 2.24) is 4.90 Å². The standard InChI is InChI=1S/C29H25BrCl2N2O5S/c1-4-38-24-10-19(22(30)13-25(24)39-15-18-6-7-20(31)12-23(18)32)11-26-28(36)34(29(37)40-26)14-27(35)33-21-8-5-16(2)17(3)9-21/h5-13H,4,14-15H2,1-3H3,(H,33,35)/b26-11+. The van der Waals surface area contributed by atoms with Gasteiger partial charge >= 0.3 is 0 Å². The number of carbonyl (C=O) groups excluding carboxylic acids is 3. The molecule has 3 aromatic rings. The normalized spacial score (nSPS) is 14.2. The van der Waals surface area contributed by atoms with Gasteiger partial charge in [-0.25, -0.2) is 0 Å². The highest BCUT2D eigenvalue weighted by molar-refractivity contribution is 9.10. The predicted octanol–water partition coefficient (Wildman–Crippen LogP) is 8.03. The van der Waals surface area contributed by atoms with E-state index in [-0.39, 0.29) is 18.1 Å². The van der Waals surface area contributed by atoms with Crippen molar-refractivity contribution < 1.29 is 23.9 Å². The van der Waals surface area contributed by atoms with Crippen molar-refractivity contribution in [2.75, 3.05) is 18.5 Å². The van der Waals surface area contributed by atoms with Gasteiger partial charge in [-0.2, -0.15) is 0 Å². The van der Waals surface area contributed by atoms with Gasteiger partial charge < -0.3 is 14.8 Å². The SMILES string of the molecule is CCOc1cc(/C=C2/SC(=O)N(CC(=O)Nc3ccc(C)c(C)c3)C2=O)c(Br)cc1OCc1ccc(Cl)cc1Cl. The lowest BCUT2D eigenvalue weighted by Gasteiger charge is -2.15. The largest absolute Gasteiger partial charge is 0.490 e. The van der Waals surface area contributed by atoms with Crippen molar-refractivity contribution in [3.63, 3.8) is 0 Å². The Hall–Kier alpha value is -2.98. The number of halogens is 3. The van der Waals surface area contributed by atoms with Crippen LogP contribution in [0.15, 0.2) is 57.9 Å². The molecule has 1 N–H and O–H groups in total. The van der Waals surface area contributed by atoms with Gasteiger partial charge in [-0.05, 0) is 91.7 Å². The fraction of sp³-hybridized carbons (Fsp3) is 0.207. The number of amides is 3. The summed E-state index contributed by atoms with van der Waals surface area (Å²) in [5, 5.41) is 3.24.